The summed E-state index contributed by atoms with van der Waals surface area (Å²) in [4.78, 5) is 10.8. The van der Waals surface area contributed by atoms with Crippen molar-refractivity contribution in [3.8, 4) is 11.1 Å². The lowest BCUT2D eigenvalue weighted by molar-refractivity contribution is -0.113. The minimum absolute atomic E-state index is 0.448. The van der Waals surface area contributed by atoms with E-state index in [4.69, 9.17) is 5.73 Å². The van der Waals surface area contributed by atoms with Crippen molar-refractivity contribution in [2.24, 2.45) is 5.73 Å². The Morgan fingerprint density at radius 2 is 1.50 bits per heavy atom. The van der Waals surface area contributed by atoms with Crippen molar-refractivity contribution < 1.29 is 4.79 Å². The Balaban J connectivity index is 1.88. The Morgan fingerprint density at radius 1 is 0.833 bits per heavy atom. The summed E-state index contributed by atoms with van der Waals surface area (Å²) in [5, 5.41) is 3.45. The predicted molar refractivity (Wildman–Crippen MR) is 99.8 cm³/mol. The smallest absolute Gasteiger partial charge is 0.241 e. The SMILES string of the molecule is NC(=O)C=Cc1ccc(-c2ccccc2Nc2ccccc2)cc1. The van der Waals surface area contributed by atoms with Gasteiger partial charge in [0.05, 0.1) is 0 Å². The first-order chi connectivity index (χ1) is 11.7. The number of rotatable bonds is 5. The van der Waals surface area contributed by atoms with Crippen LogP contribution in [-0.4, -0.2) is 5.91 Å². The summed E-state index contributed by atoms with van der Waals surface area (Å²) in [6.07, 6.45) is 3.07. The summed E-state index contributed by atoms with van der Waals surface area (Å²) < 4.78 is 0. The van der Waals surface area contributed by atoms with Crippen LogP contribution in [-0.2, 0) is 4.79 Å². The Kier molecular flexibility index (Phi) is 4.73. The summed E-state index contributed by atoms with van der Waals surface area (Å²) >= 11 is 0. The normalized spacial score (nSPS) is 10.7. The standard InChI is InChI=1S/C21H18N2O/c22-21(24)15-12-16-10-13-17(14-11-16)19-8-4-5-9-20(19)23-18-6-2-1-3-7-18/h1-15,23H,(H2,22,24). The van der Waals surface area contributed by atoms with Crippen molar-refractivity contribution in [1.29, 1.82) is 0 Å². The Morgan fingerprint density at radius 3 is 2.21 bits per heavy atom. The van der Waals surface area contributed by atoms with Crippen LogP contribution < -0.4 is 11.1 Å². The highest BCUT2D eigenvalue weighted by Crippen LogP contribution is 2.30. The number of benzene rings is 3. The van der Waals surface area contributed by atoms with Gasteiger partial charge in [0.1, 0.15) is 0 Å². The van der Waals surface area contributed by atoms with Crippen LogP contribution in [0.5, 0.6) is 0 Å². The van der Waals surface area contributed by atoms with Gasteiger partial charge in [0, 0.05) is 23.0 Å². The number of anilines is 2. The molecule has 3 aromatic rings. The monoisotopic (exact) mass is 314 g/mol. The third-order valence-electron chi connectivity index (χ3n) is 3.64. The third kappa shape index (κ3) is 3.90. The fraction of sp³-hybridized carbons (Fsp3) is 0. The second-order valence-corrected chi connectivity index (χ2v) is 5.39. The third-order valence-corrected chi connectivity index (χ3v) is 3.64. The fourth-order valence-corrected chi connectivity index (χ4v) is 2.47. The van der Waals surface area contributed by atoms with E-state index < -0.39 is 5.91 Å². The first-order valence-electron chi connectivity index (χ1n) is 7.71. The molecule has 0 atom stereocenters. The molecule has 0 heterocycles. The average Bonchev–Trinajstić information content (AvgIpc) is 2.62. The summed E-state index contributed by atoms with van der Waals surface area (Å²) in [6.45, 7) is 0. The highest BCUT2D eigenvalue weighted by atomic mass is 16.1. The first kappa shape index (κ1) is 15.6. The zero-order valence-electron chi connectivity index (χ0n) is 13.1. The van der Waals surface area contributed by atoms with Crippen LogP contribution in [0.15, 0.2) is 84.9 Å². The van der Waals surface area contributed by atoms with Crippen LogP contribution >= 0.6 is 0 Å². The van der Waals surface area contributed by atoms with Gasteiger partial charge < -0.3 is 11.1 Å². The van der Waals surface area contributed by atoms with E-state index in [0.717, 1.165) is 28.1 Å². The molecular formula is C21H18N2O. The van der Waals surface area contributed by atoms with Gasteiger partial charge in [-0.2, -0.15) is 0 Å². The number of amides is 1. The second-order valence-electron chi connectivity index (χ2n) is 5.39. The van der Waals surface area contributed by atoms with E-state index in [9.17, 15) is 4.79 Å². The molecule has 3 nitrogen and oxygen atoms in total. The molecule has 0 saturated carbocycles. The molecule has 3 aromatic carbocycles. The number of nitrogens with two attached hydrogens (primary N) is 1. The molecule has 0 spiro atoms. The lowest BCUT2D eigenvalue weighted by atomic mass is 10.0. The van der Waals surface area contributed by atoms with Gasteiger partial charge in [0.15, 0.2) is 0 Å². The first-order valence-corrected chi connectivity index (χ1v) is 7.71. The number of hydrogen-bond donors (Lipinski definition) is 2. The van der Waals surface area contributed by atoms with Crippen LogP contribution in [0.25, 0.3) is 17.2 Å². The van der Waals surface area contributed by atoms with Crippen molar-refractivity contribution in [3.63, 3.8) is 0 Å². The molecule has 1 amide bonds. The van der Waals surface area contributed by atoms with Crippen molar-refractivity contribution >= 4 is 23.4 Å². The van der Waals surface area contributed by atoms with Gasteiger partial charge in [0.25, 0.3) is 0 Å². The zero-order chi connectivity index (χ0) is 16.8. The molecule has 0 radical (unpaired) electrons. The van der Waals surface area contributed by atoms with Gasteiger partial charge in [-0.1, -0.05) is 60.7 Å². The summed E-state index contributed by atoms with van der Waals surface area (Å²) in [5.41, 5.74) is 10.4. The lowest BCUT2D eigenvalue weighted by Crippen LogP contribution is -2.05. The molecule has 118 valence electrons. The molecule has 0 aliphatic heterocycles. The van der Waals surface area contributed by atoms with Gasteiger partial charge in [-0.15, -0.1) is 0 Å². The van der Waals surface area contributed by atoms with E-state index >= 15 is 0 Å². The molecule has 3 heteroatoms. The lowest BCUT2D eigenvalue weighted by Gasteiger charge is -2.12. The topological polar surface area (TPSA) is 55.1 Å². The van der Waals surface area contributed by atoms with E-state index in [2.05, 4.69) is 17.4 Å². The predicted octanol–water partition coefficient (Wildman–Crippen LogP) is 4.60. The second kappa shape index (κ2) is 7.29. The van der Waals surface area contributed by atoms with Crippen LogP contribution in [0, 0.1) is 0 Å². The average molecular weight is 314 g/mol. The van der Waals surface area contributed by atoms with Gasteiger partial charge >= 0.3 is 0 Å². The summed E-state index contributed by atoms with van der Waals surface area (Å²) in [6, 6.07) is 26.3. The van der Waals surface area contributed by atoms with E-state index in [0.29, 0.717) is 0 Å². The summed E-state index contributed by atoms with van der Waals surface area (Å²) in [5.74, 6) is -0.448. The van der Waals surface area contributed by atoms with Crippen molar-refractivity contribution in [2.45, 2.75) is 0 Å². The van der Waals surface area contributed by atoms with Gasteiger partial charge in [-0.25, -0.2) is 0 Å². The molecule has 0 aliphatic rings. The molecule has 0 unspecified atom stereocenters. The van der Waals surface area contributed by atoms with Crippen LogP contribution in [0.3, 0.4) is 0 Å². The quantitative estimate of drug-likeness (QED) is 0.676. The Labute approximate surface area is 141 Å². The van der Waals surface area contributed by atoms with Gasteiger partial charge in [0.2, 0.25) is 5.91 Å². The molecule has 24 heavy (non-hydrogen) atoms. The minimum Gasteiger partial charge on any atom is -0.366 e. The van der Waals surface area contributed by atoms with E-state index in [1.165, 1.54) is 6.08 Å². The number of carbonyl (C=O) groups excluding carboxylic acids is 1. The van der Waals surface area contributed by atoms with Crippen LogP contribution in [0.4, 0.5) is 11.4 Å². The molecule has 3 N–H and O–H groups in total. The largest absolute Gasteiger partial charge is 0.366 e. The van der Waals surface area contributed by atoms with Crippen LogP contribution in [0.1, 0.15) is 5.56 Å². The molecular weight excluding hydrogens is 296 g/mol. The highest BCUT2D eigenvalue weighted by Gasteiger charge is 2.04. The van der Waals surface area contributed by atoms with Crippen molar-refractivity contribution in [3.05, 3.63) is 90.5 Å². The summed E-state index contributed by atoms with van der Waals surface area (Å²) in [7, 11) is 0. The zero-order valence-corrected chi connectivity index (χ0v) is 13.1. The molecule has 3 rings (SSSR count). The minimum atomic E-state index is -0.448. The molecule has 0 saturated heterocycles. The van der Waals surface area contributed by atoms with Crippen LogP contribution in [0.2, 0.25) is 0 Å². The maximum absolute atomic E-state index is 10.8. The number of carbonyl (C=O) groups is 1. The maximum Gasteiger partial charge on any atom is 0.241 e. The van der Waals surface area contributed by atoms with E-state index in [1.807, 2.05) is 66.7 Å². The number of hydrogen-bond acceptors (Lipinski definition) is 2. The van der Waals surface area contributed by atoms with Crippen molar-refractivity contribution in [1.82, 2.24) is 0 Å². The number of nitrogens with one attached hydrogen (secondary N) is 1. The Bertz CT molecular complexity index is 853. The number of primary amides is 1. The van der Waals surface area contributed by atoms with Crippen molar-refractivity contribution in [2.75, 3.05) is 5.32 Å². The van der Waals surface area contributed by atoms with Gasteiger partial charge in [-0.05, 0) is 35.4 Å². The highest BCUT2D eigenvalue weighted by molar-refractivity contribution is 5.90. The number of para-hydroxylation sites is 2. The maximum atomic E-state index is 10.8. The molecule has 0 aliphatic carbocycles. The van der Waals surface area contributed by atoms with E-state index in [1.54, 1.807) is 6.08 Å². The Hall–Kier alpha value is -3.33. The van der Waals surface area contributed by atoms with Gasteiger partial charge in [-0.3, -0.25) is 4.79 Å². The molecule has 0 bridgehead atoms. The van der Waals surface area contributed by atoms with E-state index in [-0.39, 0.29) is 0 Å². The molecule has 0 fully saturated rings. The fourth-order valence-electron chi connectivity index (χ4n) is 2.47. The molecule has 0 aromatic heterocycles.